The van der Waals surface area contributed by atoms with Crippen LogP contribution in [0.3, 0.4) is 0 Å². The Labute approximate surface area is 114 Å². The van der Waals surface area contributed by atoms with Crippen molar-refractivity contribution < 1.29 is 27.4 Å². The lowest BCUT2D eigenvalue weighted by Crippen LogP contribution is -2.28. The van der Waals surface area contributed by atoms with E-state index < -0.39 is 6.36 Å². The molecular weight excluding hydrogens is 275 g/mol. The van der Waals surface area contributed by atoms with Crippen molar-refractivity contribution in [2.75, 3.05) is 6.61 Å². The first-order valence-corrected chi connectivity index (χ1v) is 5.99. The number of hydrogen-bond donors (Lipinski definition) is 1. The number of nitrogens with one attached hydrogen (secondary N) is 1. The lowest BCUT2D eigenvalue weighted by molar-refractivity contribution is -0.274. The van der Waals surface area contributed by atoms with E-state index in [4.69, 9.17) is 4.74 Å². The molecule has 0 atom stereocenters. The van der Waals surface area contributed by atoms with Crippen LogP contribution >= 0.6 is 0 Å². The molecule has 1 aromatic rings. The van der Waals surface area contributed by atoms with Crippen LogP contribution in [0, 0.1) is 0 Å². The topological polar surface area (TPSA) is 47.6 Å². The Bertz CT molecular complexity index is 429. The summed E-state index contributed by atoms with van der Waals surface area (Å²) in [6.45, 7) is 3.79. The molecule has 0 aliphatic carbocycles. The van der Waals surface area contributed by atoms with Gasteiger partial charge in [-0.15, -0.1) is 13.2 Å². The highest BCUT2D eigenvalue weighted by Gasteiger charge is 2.30. The van der Waals surface area contributed by atoms with Gasteiger partial charge in [0.05, 0.1) is 6.10 Å². The third-order valence-electron chi connectivity index (χ3n) is 2.19. The number of alkyl halides is 3. The highest BCUT2D eigenvalue weighted by Crippen LogP contribution is 2.22. The second kappa shape index (κ2) is 7.14. The van der Waals surface area contributed by atoms with Gasteiger partial charge in [-0.25, -0.2) is 0 Å². The smallest absolute Gasteiger partial charge is 0.406 e. The van der Waals surface area contributed by atoms with Crippen molar-refractivity contribution in [1.29, 1.82) is 0 Å². The number of hydrogen-bond acceptors (Lipinski definition) is 3. The van der Waals surface area contributed by atoms with Gasteiger partial charge in [-0.2, -0.15) is 0 Å². The third-order valence-corrected chi connectivity index (χ3v) is 2.19. The molecule has 0 aliphatic heterocycles. The van der Waals surface area contributed by atoms with E-state index in [1.807, 2.05) is 13.8 Å². The Morgan fingerprint density at radius 2 is 1.85 bits per heavy atom. The number of halogens is 3. The van der Waals surface area contributed by atoms with Gasteiger partial charge < -0.3 is 14.8 Å². The molecule has 0 spiro atoms. The summed E-state index contributed by atoms with van der Waals surface area (Å²) in [5.41, 5.74) is 0.664. The molecule has 0 saturated heterocycles. The van der Waals surface area contributed by atoms with Gasteiger partial charge in [0.1, 0.15) is 12.4 Å². The van der Waals surface area contributed by atoms with E-state index in [2.05, 4.69) is 10.1 Å². The van der Waals surface area contributed by atoms with Crippen LogP contribution in [0.2, 0.25) is 0 Å². The monoisotopic (exact) mass is 291 g/mol. The molecule has 0 aromatic heterocycles. The molecule has 112 valence electrons. The largest absolute Gasteiger partial charge is 0.573 e. The van der Waals surface area contributed by atoms with Gasteiger partial charge in [-0.05, 0) is 31.5 Å². The van der Waals surface area contributed by atoms with Gasteiger partial charge in [0, 0.05) is 6.54 Å². The van der Waals surface area contributed by atoms with E-state index in [-0.39, 0.29) is 30.9 Å². The Hall–Kier alpha value is -1.76. The molecule has 0 saturated carbocycles. The average Bonchev–Trinajstić information content (AvgIpc) is 2.33. The molecule has 20 heavy (non-hydrogen) atoms. The van der Waals surface area contributed by atoms with Crippen LogP contribution in [0.15, 0.2) is 24.3 Å². The van der Waals surface area contributed by atoms with Crippen molar-refractivity contribution in [2.45, 2.75) is 32.9 Å². The lowest BCUT2D eigenvalue weighted by atomic mass is 10.2. The fourth-order valence-corrected chi connectivity index (χ4v) is 1.30. The standard InChI is InChI=1S/C13H16F3NO3/c1-9(2)19-8-12(18)17-7-10-3-5-11(6-4-10)20-13(14,15)16/h3-6,9H,7-8H2,1-2H3,(H,17,18). The first-order chi connectivity index (χ1) is 9.26. The summed E-state index contributed by atoms with van der Waals surface area (Å²) in [6.07, 6.45) is -4.75. The molecule has 0 bridgehead atoms. The fourth-order valence-electron chi connectivity index (χ4n) is 1.30. The lowest BCUT2D eigenvalue weighted by Gasteiger charge is -2.10. The summed E-state index contributed by atoms with van der Waals surface area (Å²) < 4.78 is 44.7. The summed E-state index contributed by atoms with van der Waals surface area (Å²) in [6, 6.07) is 5.29. The van der Waals surface area contributed by atoms with E-state index in [0.717, 1.165) is 0 Å². The maximum absolute atomic E-state index is 12.0. The average molecular weight is 291 g/mol. The number of ether oxygens (including phenoxy) is 2. The molecule has 7 heteroatoms. The Kier molecular flexibility index (Phi) is 5.82. The van der Waals surface area contributed by atoms with Crippen LogP contribution in [-0.2, 0) is 16.1 Å². The Balaban J connectivity index is 2.40. The minimum Gasteiger partial charge on any atom is -0.406 e. The molecule has 0 radical (unpaired) electrons. The fraction of sp³-hybridized carbons (Fsp3) is 0.462. The quantitative estimate of drug-likeness (QED) is 0.876. The summed E-state index contributed by atoms with van der Waals surface area (Å²) in [7, 11) is 0. The summed E-state index contributed by atoms with van der Waals surface area (Å²) in [5, 5.41) is 2.60. The van der Waals surface area contributed by atoms with Crippen LogP contribution in [0.5, 0.6) is 5.75 Å². The van der Waals surface area contributed by atoms with Crippen molar-refractivity contribution >= 4 is 5.91 Å². The van der Waals surface area contributed by atoms with Gasteiger partial charge in [-0.1, -0.05) is 12.1 Å². The zero-order chi connectivity index (χ0) is 15.2. The maximum atomic E-state index is 12.0. The third kappa shape index (κ3) is 6.98. The minimum atomic E-state index is -4.70. The van der Waals surface area contributed by atoms with Crippen LogP contribution in [0.4, 0.5) is 13.2 Å². The Morgan fingerprint density at radius 3 is 2.35 bits per heavy atom. The molecule has 0 unspecified atom stereocenters. The van der Waals surface area contributed by atoms with E-state index in [0.29, 0.717) is 5.56 Å². The molecule has 0 heterocycles. The number of benzene rings is 1. The molecule has 0 aliphatic rings. The van der Waals surface area contributed by atoms with Crippen molar-refractivity contribution in [1.82, 2.24) is 5.32 Å². The van der Waals surface area contributed by atoms with E-state index in [1.165, 1.54) is 24.3 Å². The SMILES string of the molecule is CC(C)OCC(=O)NCc1ccc(OC(F)(F)F)cc1. The van der Waals surface area contributed by atoms with E-state index in [1.54, 1.807) is 0 Å². The summed E-state index contributed by atoms with van der Waals surface area (Å²) in [5.74, 6) is -0.579. The zero-order valence-corrected chi connectivity index (χ0v) is 11.2. The number of amides is 1. The first kappa shape index (κ1) is 16.3. The second-order valence-electron chi connectivity index (χ2n) is 4.33. The van der Waals surface area contributed by atoms with Crippen LogP contribution in [0.1, 0.15) is 19.4 Å². The van der Waals surface area contributed by atoms with Crippen LogP contribution < -0.4 is 10.1 Å². The molecular formula is C13H16F3NO3. The number of rotatable bonds is 6. The summed E-state index contributed by atoms with van der Waals surface area (Å²) >= 11 is 0. The minimum absolute atomic E-state index is 0.0421. The van der Waals surface area contributed by atoms with Crippen molar-refractivity contribution in [3.8, 4) is 5.75 Å². The Morgan fingerprint density at radius 1 is 1.25 bits per heavy atom. The molecule has 1 rings (SSSR count). The second-order valence-corrected chi connectivity index (χ2v) is 4.33. The van der Waals surface area contributed by atoms with Gasteiger partial charge in [-0.3, -0.25) is 4.79 Å². The predicted molar refractivity (Wildman–Crippen MR) is 66.1 cm³/mol. The van der Waals surface area contributed by atoms with Gasteiger partial charge >= 0.3 is 6.36 Å². The van der Waals surface area contributed by atoms with Crippen molar-refractivity contribution in [2.24, 2.45) is 0 Å². The summed E-state index contributed by atoms with van der Waals surface area (Å²) in [4.78, 5) is 11.4. The predicted octanol–water partition coefficient (Wildman–Crippen LogP) is 2.63. The molecule has 1 amide bonds. The first-order valence-electron chi connectivity index (χ1n) is 5.99. The van der Waals surface area contributed by atoms with Crippen molar-refractivity contribution in [3.05, 3.63) is 29.8 Å². The highest BCUT2D eigenvalue weighted by atomic mass is 19.4. The van der Waals surface area contributed by atoms with Gasteiger partial charge in [0.25, 0.3) is 0 Å². The van der Waals surface area contributed by atoms with Gasteiger partial charge in [0.2, 0.25) is 5.91 Å². The molecule has 1 N–H and O–H groups in total. The van der Waals surface area contributed by atoms with Gasteiger partial charge in [0.15, 0.2) is 0 Å². The van der Waals surface area contributed by atoms with E-state index in [9.17, 15) is 18.0 Å². The van der Waals surface area contributed by atoms with E-state index >= 15 is 0 Å². The molecule has 4 nitrogen and oxygen atoms in total. The van der Waals surface area contributed by atoms with Crippen LogP contribution in [0.25, 0.3) is 0 Å². The highest BCUT2D eigenvalue weighted by molar-refractivity contribution is 5.77. The normalized spacial score (nSPS) is 11.5. The van der Waals surface area contributed by atoms with Crippen molar-refractivity contribution in [3.63, 3.8) is 0 Å². The molecule has 0 fully saturated rings. The number of carbonyl (C=O) groups is 1. The molecule has 1 aromatic carbocycles. The zero-order valence-electron chi connectivity index (χ0n) is 11.2. The van der Waals surface area contributed by atoms with Crippen LogP contribution in [-0.4, -0.2) is 25.0 Å². The maximum Gasteiger partial charge on any atom is 0.573 e. The number of carbonyl (C=O) groups excluding carboxylic acids is 1.